The third-order valence-corrected chi connectivity index (χ3v) is 0. The zero-order valence-electron chi connectivity index (χ0n) is 2.43. The van der Waals surface area contributed by atoms with Crippen LogP contribution in [0, 0.1) is 0 Å². The molecule has 0 aromatic rings. The van der Waals surface area contributed by atoms with E-state index >= 15 is 0 Å². The van der Waals surface area contributed by atoms with Crippen LogP contribution in [0.5, 0.6) is 0 Å². The van der Waals surface area contributed by atoms with Gasteiger partial charge in [-0.15, -0.1) is 0 Å². The Kier molecular flexibility index (Phi) is 339. The first-order valence-corrected chi connectivity index (χ1v) is 0.612. The minimum atomic E-state index is 0. The molecule has 0 atom stereocenters. The molecule has 0 fully saturated rings. The fraction of sp³-hybridized carbons (Fsp3) is 0. The summed E-state index contributed by atoms with van der Waals surface area (Å²) in [6.45, 7) is 0. The van der Waals surface area contributed by atoms with Crippen molar-refractivity contribution in [1.29, 1.82) is 0 Å². The van der Waals surface area contributed by atoms with Crippen LogP contribution in [0.1, 0.15) is 0 Å². The Morgan fingerprint density at radius 2 is 1.00 bits per heavy atom. The Labute approximate surface area is 70.1 Å². The maximum absolute atomic E-state index is 8.06. The molecule has 24 valence electrons. The van der Waals surface area contributed by atoms with Crippen LogP contribution in [-0.4, -0.2) is 55.6 Å². The Bertz CT molecular complexity index is 6.85. The molecule has 0 radical (unpaired) electrons. The third-order valence-electron chi connectivity index (χ3n) is 0. The molecule has 0 aliphatic heterocycles. The van der Waals surface area contributed by atoms with Gasteiger partial charge in [-0.1, -0.05) is 0 Å². The molecular weight excluding hydrogens is 164 g/mol. The molecule has 5 heteroatoms. The summed E-state index contributed by atoms with van der Waals surface area (Å²) < 4.78 is 8.06. The van der Waals surface area contributed by atoms with E-state index in [0.29, 0.717) is 0 Å². The Morgan fingerprint density at radius 3 is 1.00 bits per heavy atom. The monoisotopic (exact) mass is 164 g/mol. The average Bonchev–Trinajstić information content (AvgIpc) is 1.00. The van der Waals surface area contributed by atoms with E-state index in [9.17, 15) is 0 Å². The average molecular weight is 164 g/mol. The summed E-state index contributed by atoms with van der Waals surface area (Å²) in [6.07, 6.45) is 0. The predicted octanol–water partition coefficient (Wildman–Crippen LogP) is -1.12. The van der Waals surface area contributed by atoms with Crippen LogP contribution in [0.4, 0.5) is 0 Å². The second-order valence-corrected chi connectivity index (χ2v) is 0. The minimum absolute atomic E-state index is 0. The number of hydrogen-bond donors (Lipinski definition) is 0. The molecule has 0 unspecified atom stereocenters. The summed E-state index contributed by atoms with van der Waals surface area (Å²) in [5.41, 5.74) is 0. The number of rotatable bonds is 0. The maximum atomic E-state index is 8.06. The van der Waals surface area contributed by atoms with Crippen molar-refractivity contribution < 1.29 is 15.4 Å². The second kappa shape index (κ2) is 52.6. The van der Waals surface area contributed by atoms with E-state index in [1.807, 2.05) is 0 Å². The van der Waals surface area contributed by atoms with Gasteiger partial charge in [-0.2, -0.15) is 0 Å². The van der Waals surface area contributed by atoms with Gasteiger partial charge in [0.05, 0.1) is 0 Å². The topological polar surface area (TPSA) is 74.1 Å². The molecule has 0 amide bonds. The summed E-state index contributed by atoms with van der Waals surface area (Å²) in [7, 11) is 1.72. The third kappa shape index (κ3) is 31.5. The van der Waals surface area contributed by atoms with Crippen LogP contribution < -0.4 is 0 Å². The van der Waals surface area contributed by atoms with E-state index < -0.39 is 0 Å². The molecule has 0 aliphatic rings. The molecular formula is O3SiSr. The fourth-order valence-corrected chi connectivity index (χ4v) is 0. The molecule has 0 heterocycles. The van der Waals surface area contributed by atoms with Crippen LogP contribution >= 0.6 is 0 Å². The van der Waals surface area contributed by atoms with Crippen molar-refractivity contribution in [2.75, 3.05) is 0 Å². The SMILES string of the molecule is O=[Si+2].[O-2].[O-2].[Sr+2]. The van der Waals surface area contributed by atoms with Crippen LogP contribution in [0.15, 0.2) is 0 Å². The Balaban J connectivity index is -0.00000000167. The van der Waals surface area contributed by atoms with Crippen molar-refractivity contribution >= 4 is 55.6 Å². The van der Waals surface area contributed by atoms with Gasteiger partial charge >= 0.3 is 60.1 Å². The van der Waals surface area contributed by atoms with E-state index in [2.05, 4.69) is 0 Å². The summed E-state index contributed by atoms with van der Waals surface area (Å²) in [5.74, 6) is 0. The predicted molar refractivity (Wildman–Crippen MR) is 13.6 cm³/mol. The molecule has 0 aliphatic carbocycles. The maximum Gasteiger partial charge on any atom is 2.00 e. The molecule has 0 saturated heterocycles. The molecule has 0 spiro atoms. The zero-order valence-corrected chi connectivity index (χ0v) is 6.91. The fourth-order valence-electron chi connectivity index (χ4n) is 0. The molecule has 0 saturated carbocycles. The molecule has 0 rings (SSSR count). The van der Waals surface area contributed by atoms with Crippen LogP contribution in [0.3, 0.4) is 0 Å². The van der Waals surface area contributed by atoms with Gasteiger partial charge in [0.15, 0.2) is 0 Å². The zero-order chi connectivity index (χ0) is 2.00. The molecule has 0 bridgehead atoms. The first-order chi connectivity index (χ1) is 1.00. The summed E-state index contributed by atoms with van der Waals surface area (Å²) in [6, 6.07) is 0. The molecule has 0 aromatic heterocycles. The Hall–Kier alpha value is 1.42. The van der Waals surface area contributed by atoms with Gasteiger partial charge in [0.1, 0.15) is 0 Å². The van der Waals surface area contributed by atoms with Gasteiger partial charge in [0.25, 0.3) is 0 Å². The van der Waals surface area contributed by atoms with Crippen molar-refractivity contribution in [2.24, 2.45) is 0 Å². The van der Waals surface area contributed by atoms with Gasteiger partial charge < -0.3 is 11.0 Å². The quantitative estimate of drug-likeness (QED) is 0.417. The van der Waals surface area contributed by atoms with Gasteiger partial charge in [0, 0.05) is 0 Å². The summed E-state index contributed by atoms with van der Waals surface area (Å²) in [5, 5.41) is 0. The Morgan fingerprint density at radius 1 is 1.00 bits per heavy atom. The first kappa shape index (κ1) is 32.2. The van der Waals surface area contributed by atoms with E-state index in [1.165, 1.54) is 0 Å². The van der Waals surface area contributed by atoms with E-state index in [4.69, 9.17) is 4.46 Å². The van der Waals surface area contributed by atoms with Crippen LogP contribution in [0.25, 0.3) is 0 Å². The van der Waals surface area contributed by atoms with Gasteiger partial charge in [0.2, 0.25) is 0 Å². The van der Waals surface area contributed by atoms with E-state index in [0.717, 1.165) is 0 Å². The van der Waals surface area contributed by atoms with Crippen molar-refractivity contribution in [3.63, 3.8) is 0 Å². The molecule has 0 N–H and O–H groups in total. The molecule has 3 nitrogen and oxygen atoms in total. The van der Waals surface area contributed by atoms with Gasteiger partial charge in [-0.25, -0.2) is 0 Å². The van der Waals surface area contributed by atoms with Crippen LogP contribution in [0.2, 0.25) is 0 Å². The van der Waals surface area contributed by atoms with Crippen LogP contribution in [-0.2, 0) is 15.4 Å². The van der Waals surface area contributed by atoms with Crippen molar-refractivity contribution in [2.45, 2.75) is 0 Å². The first-order valence-electron chi connectivity index (χ1n) is 0.204. The van der Waals surface area contributed by atoms with E-state index in [1.54, 1.807) is 10.1 Å². The summed E-state index contributed by atoms with van der Waals surface area (Å²) >= 11 is 0. The molecule has 5 heavy (non-hydrogen) atoms. The van der Waals surface area contributed by atoms with Crippen molar-refractivity contribution in [3.8, 4) is 0 Å². The normalized spacial score (nSPS) is 1.20. The van der Waals surface area contributed by atoms with Gasteiger partial charge in [-0.05, 0) is 0 Å². The van der Waals surface area contributed by atoms with Crippen molar-refractivity contribution in [1.82, 2.24) is 0 Å². The smallest absolute Gasteiger partial charge is 2.00 e. The summed E-state index contributed by atoms with van der Waals surface area (Å²) in [4.78, 5) is 0. The largest absolute Gasteiger partial charge is 2.00 e. The van der Waals surface area contributed by atoms with Crippen molar-refractivity contribution in [3.05, 3.63) is 0 Å². The molecule has 0 aromatic carbocycles. The minimum Gasteiger partial charge on any atom is -2.00 e. The van der Waals surface area contributed by atoms with Gasteiger partial charge in [-0.3, -0.25) is 0 Å². The second-order valence-electron chi connectivity index (χ2n) is 0. The number of hydrogen-bond acceptors (Lipinski definition) is 1. The van der Waals surface area contributed by atoms with E-state index in [-0.39, 0.29) is 56.4 Å². The standard InChI is InChI=1S/OSi.2O.Sr/c1-2;;;/q+2;2*-2;+2.